The van der Waals surface area contributed by atoms with Crippen LogP contribution in [0.2, 0.25) is 0 Å². The predicted molar refractivity (Wildman–Crippen MR) is 110 cm³/mol. The summed E-state index contributed by atoms with van der Waals surface area (Å²) in [6.07, 6.45) is 3.73. The van der Waals surface area contributed by atoms with Gasteiger partial charge in [-0.3, -0.25) is 9.78 Å². The largest absolute Gasteiger partial charge is 0.368 e. The Kier molecular flexibility index (Phi) is 4.38. The van der Waals surface area contributed by atoms with E-state index in [0.717, 1.165) is 43.0 Å². The lowest BCUT2D eigenvalue weighted by molar-refractivity contribution is 0.0741. The summed E-state index contributed by atoms with van der Waals surface area (Å²) in [5.74, 6) is 0.105. The van der Waals surface area contributed by atoms with Crippen molar-refractivity contribution in [2.45, 2.75) is 27.7 Å². The van der Waals surface area contributed by atoms with E-state index in [1.807, 2.05) is 17.3 Å². The van der Waals surface area contributed by atoms with Crippen LogP contribution in [0.1, 0.15) is 32.7 Å². The molecule has 1 aromatic carbocycles. The number of hydrogen-bond donors (Lipinski definition) is 1. The number of pyridine rings is 1. The zero-order chi connectivity index (χ0) is 19.1. The fraction of sp³-hybridized carbons (Fsp3) is 0.364. The van der Waals surface area contributed by atoms with E-state index in [9.17, 15) is 4.79 Å². The van der Waals surface area contributed by atoms with Gasteiger partial charge in [0.25, 0.3) is 5.91 Å². The summed E-state index contributed by atoms with van der Waals surface area (Å²) in [6, 6.07) is 6.29. The van der Waals surface area contributed by atoms with Crippen molar-refractivity contribution in [1.29, 1.82) is 0 Å². The maximum atomic E-state index is 13.2. The first-order valence-electron chi connectivity index (χ1n) is 9.50. The number of rotatable bonds is 2. The van der Waals surface area contributed by atoms with Crippen molar-refractivity contribution in [2.24, 2.45) is 0 Å². The van der Waals surface area contributed by atoms with E-state index in [-0.39, 0.29) is 5.91 Å². The van der Waals surface area contributed by atoms with Crippen molar-refractivity contribution >= 4 is 22.5 Å². The molecule has 0 unspecified atom stereocenters. The van der Waals surface area contributed by atoms with E-state index >= 15 is 0 Å². The molecule has 5 heteroatoms. The number of aromatic amines is 1. The molecule has 1 aliphatic heterocycles. The highest BCUT2D eigenvalue weighted by Crippen LogP contribution is 2.29. The van der Waals surface area contributed by atoms with Crippen LogP contribution >= 0.6 is 0 Å². The highest BCUT2D eigenvalue weighted by atomic mass is 16.2. The topological polar surface area (TPSA) is 52.2 Å². The fourth-order valence-electron chi connectivity index (χ4n) is 4.14. The van der Waals surface area contributed by atoms with Crippen LogP contribution in [-0.2, 0) is 0 Å². The fourth-order valence-corrected chi connectivity index (χ4v) is 4.14. The van der Waals surface area contributed by atoms with Gasteiger partial charge in [0.15, 0.2) is 0 Å². The van der Waals surface area contributed by atoms with Crippen molar-refractivity contribution in [3.63, 3.8) is 0 Å². The Hall–Kier alpha value is -2.82. The van der Waals surface area contributed by atoms with Crippen LogP contribution in [0.25, 0.3) is 10.9 Å². The molecule has 3 aromatic rings. The quantitative estimate of drug-likeness (QED) is 0.755. The summed E-state index contributed by atoms with van der Waals surface area (Å²) in [4.78, 5) is 25.1. The monoisotopic (exact) mass is 362 g/mol. The van der Waals surface area contributed by atoms with Crippen molar-refractivity contribution in [1.82, 2.24) is 14.9 Å². The number of carbonyl (C=O) groups is 1. The van der Waals surface area contributed by atoms with E-state index < -0.39 is 0 Å². The molecule has 1 aliphatic rings. The third-order valence-corrected chi connectivity index (χ3v) is 5.73. The molecular weight excluding hydrogens is 336 g/mol. The Bertz CT molecular complexity index is 1010. The number of carbonyl (C=O) groups excluding carboxylic acids is 1. The lowest BCUT2D eigenvalue weighted by Gasteiger charge is -2.36. The van der Waals surface area contributed by atoms with Crippen molar-refractivity contribution < 1.29 is 4.79 Å². The molecule has 27 heavy (non-hydrogen) atoms. The number of nitrogens with one attached hydrogen (secondary N) is 1. The Morgan fingerprint density at radius 1 is 0.963 bits per heavy atom. The third-order valence-electron chi connectivity index (χ3n) is 5.73. The SMILES string of the molecule is Cc1cnccc1N1CCN(C(=O)c2[nH]c3c(C)ccc(C)c3c2C)CC1. The van der Waals surface area contributed by atoms with Crippen LogP contribution < -0.4 is 4.90 Å². The average Bonchev–Trinajstić information content (AvgIpc) is 3.03. The Labute approximate surface area is 160 Å². The molecule has 1 amide bonds. The molecule has 2 aromatic heterocycles. The molecule has 0 bridgehead atoms. The highest BCUT2D eigenvalue weighted by Gasteiger charge is 2.26. The van der Waals surface area contributed by atoms with Gasteiger partial charge in [-0.05, 0) is 56.0 Å². The summed E-state index contributed by atoms with van der Waals surface area (Å²) < 4.78 is 0. The molecule has 3 heterocycles. The van der Waals surface area contributed by atoms with Crippen LogP contribution in [0.3, 0.4) is 0 Å². The summed E-state index contributed by atoms with van der Waals surface area (Å²) in [5.41, 5.74) is 7.65. The minimum Gasteiger partial charge on any atom is -0.368 e. The van der Waals surface area contributed by atoms with Crippen LogP contribution in [0.5, 0.6) is 0 Å². The molecule has 1 N–H and O–H groups in total. The molecule has 5 nitrogen and oxygen atoms in total. The minimum atomic E-state index is 0.105. The van der Waals surface area contributed by atoms with Crippen molar-refractivity contribution in [2.75, 3.05) is 31.1 Å². The Morgan fingerprint density at radius 2 is 1.67 bits per heavy atom. The first-order chi connectivity index (χ1) is 13.0. The summed E-state index contributed by atoms with van der Waals surface area (Å²) in [5, 5.41) is 1.18. The van der Waals surface area contributed by atoms with Gasteiger partial charge in [-0.2, -0.15) is 0 Å². The van der Waals surface area contributed by atoms with Crippen molar-refractivity contribution in [3.8, 4) is 0 Å². The average molecular weight is 362 g/mol. The van der Waals surface area contributed by atoms with Gasteiger partial charge in [0, 0.05) is 55.2 Å². The van der Waals surface area contributed by atoms with Gasteiger partial charge >= 0.3 is 0 Å². The number of fused-ring (bicyclic) bond motifs is 1. The number of nitrogens with zero attached hydrogens (tertiary/aromatic N) is 3. The second-order valence-electron chi connectivity index (χ2n) is 7.52. The van der Waals surface area contributed by atoms with E-state index in [0.29, 0.717) is 0 Å². The molecule has 0 spiro atoms. The normalized spacial score (nSPS) is 14.8. The molecule has 4 rings (SSSR count). The summed E-state index contributed by atoms with van der Waals surface area (Å²) in [7, 11) is 0. The van der Waals surface area contributed by atoms with Gasteiger partial charge in [-0.25, -0.2) is 0 Å². The first-order valence-corrected chi connectivity index (χ1v) is 9.50. The van der Waals surface area contributed by atoms with Crippen LogP contribution in [-0.4, -0.2) is 47.0 Å². The van der Waals surface area contributed by atoms with Gasteiger partial charge < -0.3 is 14.8 Å². The van der Waals surface area contributed by atoms with Gasteiger partial charge in [0.05, 0.1) is 0 Å². The van der Waals surface area contributed by atoms with Gasteiger partial charge in [-0.1, -0.05) is 12.1 Å². The minimum absolute atomic E-state index is 0.105. The van der Waals surface area contributed by atoms with Crippen molar-refractivity contribution in [3.05, 3.63) is 58.5 Å². The second-order valence-corrected chi connectivity index (χ2v) is 7.52. The highest BCUT2D eigenvalue weighted by molar-refractivity contribution is 6.02. The number of hydrogen-bond acceptors (Lipinski definition) is 3. The third kappa shape index (κ3) is 2.97. The number of H-pyrrole nitrogens is 1. The molecule has 0 radical (unpaired) electrons. The summed E-state index contributed by atoms with van der Waals surface area (Å²) >= 11 is 0. The van der Waals surface area contributed by atoms with E-state index in [2.05, 4.69) is 60.8 Å². The number of piperazine rings is 1. The molecule has 140 valence electrons. The zero-order valence-corrected chi connectivity index (χ0v) is 16.5. The Morgan fingerprint density at radius 3 is 2.33 bits per heavy atom. The van der Waals surface area contributed by atoms with Crippen LogP contribution in [0.4, 0.5) is 5.69 Å². The van der Waals surface area contributed by atoms with Crippen LogP contribution in [0, 0.1) is 27.7 Å². The zero-order valence-electron chi connectivity index (χ0n) is 16.5. The van der Waals surface area contributed by atoms with Gasteiger partial charge in [0.2, 0.25) is 0 Å². The smallest absolute Gasteiger partial charge is 0.270 e. The standard InChI is InChI=1S/C22H26N4O/c1-14-5-6-15(2)20-19(14)17(4)21(24-20)22(27)26-11-9-25(10-12-26)18-7-8-23-13-16(18)3/h5-8,13,24H,9-12H2,1-4H3. The van der Waals surface area contributed by atoms with Crippen LogP contribution in [0.15, 0.2) is 30.6 Å². The Balaban J connectivity index is 1.56. The second kappa shape index (κ2) is 6.72. The van der Waals surface area contributed by atoms with E-state index in [1.54, 1.807) is 0 Å². The maximum absolute atomic E-state index is 13.2. The number of anilines is 1. The van der Waals surface area contributed by atoms with E-state index in [4.69, 9.17) is 0 Å². The predicted octanol–water partition coefficient (Wildman–Crippen LogP) is 3.76. The van der Waals surface area contributed by atoms with Gasteiger partial charge in [-0.15, -0.1) is 0 Å². The molecule has 1 fully saturated rings. The number of aryl methyl sites for hydroxylation is 4. The lowest BCUT2D eigenvalue weighted by Crippen LogP contribution is -2.49. The number of aromatic nitrogens is 2. The first kappa shape index (κ1) is 17.6. The number of amides is 1. The summed E-state index contributed by atoms with van der Waals surface area (Å²) in [6.45, 7) is 11.5. The molecular formula is C22H26N4O. The van der Waals surface area contributed by atoms with E-state index in [1.165, 1.54) is 27.8 Å². The molecule has 0 aliphatic carbocycles. The lowest BCUT2D eigenvalue weighted by atomic mass is 10.0. The molecule has 1 saturated heterocycles. The number of benzene rings is 1. The van der Waals surface area contributed by atoms with Gasteiger partial charge in [0.1, 0.15) is 5.69 Å². The molecule has 0 saturated carbocycles. The molecule has 0 atom stereocenters. The maximum Gasteiger partial charge on any atom is 0.270 e.